The summed E-state index contributed by atoms with van der Waals surface area (Å²) >= 11 is 0. The quantitative estimate of drug-likeness (QED) is 0.733. The number of hydrogen-bond acceptors (Lipinski definition) is 4. The molecular weight excluding hydrogens is 270 g/mol. The van der Waals surface area contributed by atoms with E-state index in [0.717, 1.165) is 5.56 Å². The summed E-state index contributed by atoms with van der Waals surface area (Å²) in [6.45, 7) is 0.363. The van der Waals surface area contributed by atoms with Crippen LogP contribution in [0, 0.1) is 0 Å². The van der Waals surface area contributed by atoms with Gasteiger partial charge in [-0.3, -0.25) is 14.6 Å². The van der Waals surface area contributed by atoms with Gasteiger partial charge < -0.3 is 9.88 Å². The van der Waals surface area contributed by atoms with Crippen LogP contribution in [0.4, 0.5) is 0 Å². The van der Waals surface area contributed by atoms with Gasteiger partial charge in [0.15, 0.2) is 0 Å². The maximum absolute atomic E-state index is 12.3. The van der Waals surface area contributed by atoms with E-state index in [1.165, 1.54) is 0 Å². The highest BCUT2D eigenvalue weighted by Crippen LogP contribution is 2.19. The number of amides is 1. The summed E-state index contributed by atoms with van der Waals surface area (Å²) in [7, 11) is 1.75. The van der Waals surface area contributed by atoms with Crippen molar-refractivity contribution in [2.45, 2.75) is 6.54 Å². The Kier molecular flexibility index (Phi) is 3.23. The highest BCUT2D eigenvalue weighted by atomic mass is 16.2. The number of H-pyrrole nitrogens is 1. The normalized spacial score (nSPS) is 10.7. The van der Waals surface area contributed by atoms with E-state index in [0.29, 0.717) is 23.4 Å². The maximum atomic E-state index is 12.3. The fraction of sp³-hybridized carbons (Fsp3) is 0.143. The zero-order valence-corrected chi connectivity index (χ0v) is 11.3. The molecule has 0 fully saturated rings. The molecule has 0 bridgehead atoms. The van der Waals surface area contributed by atoms with E-state index < -0.39 is 0 Å². The highest BCUT2D eigenvalue weighted by Gasteiger charge is 2.20. The van der Waals surface area contributed by atoms with Gasteiger partial charge in [-0.05, 0) is 11.6 Å². The van der Waals surface area contributed by atoms with Gasteiger partial charge in [0.2, 0.25) is 0 Å². The van der Waals surface area contributed by atoms with Crippen molar-refractivity contribution in [1.29, 1.82) is 0 Å². The Labute approximate surface area is 120 Å². The van der Waals surface area contributed by atoms with Crippen LogP contribution in [0.15, 0.2) is 41.7 Å². The summed E-state index contributed by atoms with van der Waals surface area (Å²) in [5.74, 6) is -0.286. The topological polar surface area (TPSA) is 92.7 Å². The number of aromatic nitrogens is 4. The van der Waals surface area contributed by atoms with Crippen LogP contribution in [0.5, 0.6) is 0 Å². The monoisotopic (exact) mass is 283 g/mol. The molecule has 3 heterocycles. The molecule has 3 rings (SSSR count). The molecule has 0 spiro atoms. The predicted molar refractivity (Wildman–Crippen MR) is 75.9 cm³/mol. The average Bonchev–Trinajstić information content (AvgIpc) is 2.86. The van der Waals surface area contributed by atoms with Crippen LogP contribution >= 0.6 is 0 Å². The molecule has 2 N–H and O–H groups in total. The molecule has 0 saturated heterocycles. The Hall–Kier alpha value is -2.96. The molecule has 21 heavy (non-hydrogen) atoms. The second-order valence-electron chi connectivity index (χ2n) is 4.70. The van der Waals surface area contributed by atoms with Gasteiger partial charge in [-0.1, -0.05) is 6.07 Å². The molecule has 1 aromatic rings. The third kappa shape index (κ3) is 2.53. The summed E-state index contributed by atoms with van der Waals surface area (Å²) < 4.78 is 1.66. The first kappa shape index (κ1) is 13.0. The van der Waals surface area contributed by atoms with E-state index in [2.05, 4.69) is 20.5 Å². The molecule has 7 nitrogen and oxygen atoms in total. The summed E-state index contributed by atoms with van der Waals surface area (Å²) in [4.78, 5) is 27.9. The fourth-order valence-electron chi connectivity index (χ4n) is 2.11. The van der Waals surface area contributed by atoms with Crippen LogP contribution in [0.2, 0.25) is 0 Å². The van der Waals surface area contributed by atoms with Gasteiger partial charge in [0.05, 0.1) is 11.1 Å². The molecule has 2 aliphatic heterocycles. The third-order valence-electron chi connectivity index (χ3n) is 3.11. The molecule has 0 aliphatic carbocycles. The minimum Gasteiger partial charge on any atom is -0.356 e. The van der Waals surface area contributed by atoms with Crippen molar-refractivity contribution < 1.29 is 4.79 Å². The lowest BCUT2D eigenvalue weighted by atomic mass is 10.1. The Balaban J connectivity index is 1.86. The number of fused-ring (bicyclic) bond motifs is 1. The van der Waals surface area contributed by atoms with Crippen molar-refractivity contribution in [3.8, 4) is 11.3 Å². The van der Waals surface area contributed by atoms with Crippen LogP contribution < -0.4 is 10.9 Å². The number of carbonyl (C=O) groups excluding carboxylic acids is 1. The predicted octanol–water partition coefficient (Wildman–Crippen LogP) is 0.538. The van der Waals surface area contributed by atoms with Crippen molar-refractivity contribution in [2.75, 3.05) is 0 Å². The fourth-order valence-corrected chi connectivity index (χ4v) is 2.11. The molecule has 0 radical (unpaired) electrons. The summed E-state index contributed by atoms with van der Waals surface area (Å²) in [5, 5.41) is 9.07. The molecule has 2 aliphatic rings. The van der Waals surface area contributed by atoms with Gasteiger partial charge in [0.25, 0.3) is 11.5 Å². The molecule has 0 aromatic carbocycles. The first-order chi connectivity index (χ1) is 10.1. The maximum Gasteiger partial charge on any atom is 0.275 e. The average molecular weight is 283 g/mol. The first-order valence-corrected chi connectivity index (χ1v) is 6.36. The molecule has 0 saturated carbocycles. The molecule has 1 amide bonds. The lowest BCUT2D eigenvalue weighted by Crippen LogP contribution is -2.24. The third-order valence-corrected chi connectivity index (χ3v) is 3.11. The van der Waals surface area contributed by atoms with Crippen LogP contribution in [0.3, 0.4) is 0 Å². The van der Waals surface area contributed by atoms with Crippen molar-refractivity contribution in [3.63, 3.8) is 0 Å². The van der Waals surface area contributed by atoms with Gasteiger partial charge in [-0.15, -0.1) is 0 Å². The molecule has 1 aromatic heterocycles. The molecule has 0 atom stereocenters. The Bertz CT molecular complexity index is 806. The van der Waals surface area contributed by atoms with Crippen LogP contribution in [0.1, 0.15) is 15.9 Å². The Morgan fingerprint density at radius 3 is 3.05 bits per heavy atom. The highest BCUT2D eigenvalue weighted by molar-refractivity contribution is 5.99. The van der Waals surface area contributed by atoms with Crippen molar-refractivity contribution in [1.82, 2.24) is 25.1 Å². The van der Waals surface area contributed by atoms with Crippen molar-refractivity contribution in [2.24, 2.45) is 7.05 Å². The minimum atomic E-state index is -0.303. The van der Waals surface area contributed by atoms with Crippen molar-refractivity contribution >= 4 is 5.91 Å². The summed E-state index contributed by atoms with van der Waals surface area (Å²) in [6.07, 6.45) is 6.64. The van der Waals surface area contributed by atoms with Gasteiger partial charge in [-0.25, -0.2) is 5.10 Å². The van der Waals surface area contributed by atoms with Gasteiger partial charge in [-0.2, -0.15) is 5.10 Å². The van der Waals surface area contributed by atoms with Gasteiger partial charge >= 0.3 is 0 Å². The summed E-state index contributed by atoms with van der Waals surface area (Å²) in [6, 6.07) is 3.68. The second-order valence-corrected chi connectivity index (χ2v) is 4.70. The van der Waals surface area contributed by atoms with Gasteiger partial charge in [0, 0.05) is 38.4 Å². The van der Waals surface area contributed by atoms with E-state index in [1.54, 1.807) is 42.5 Å². The number of aryl methyl sites for hydroxylation is 1. The second kappa shape index (κ2) is 5.20. The first-order valence-electron chi connectivity index (χ1n) is 6.36. The molecular formula is C14H13N5O2. The number of nitrogens with zero attached hydrogens (tertiary/aromatic N) is 3. The van der Waals surface area contributed by atoms with Crippen LogP contribution in [-0.4, -0.2) is 25.7 Å². The smallest absolute Gasteiger partial charge is 0.275 e. The lowest BCUT2D eigenvalue weighted by Gasteiger charge is -2.09. The minimum absolute atomic E-state index is 0.286. The van der Waals surface area contributed by atoms with E-state index in [4.69, 9.17) is 0 Å². The Morgan fingerprint density at radius 1 is 1.43 bits per heavy atom. The SMILES string of the molecule is Cn1cc(C(=O)NCc2cccnc2)c2n[nH]c(=O)c-2c1. The number of pyridine rings is 2. The number of rotatable bonds is 3. The van der Waals surface area contributed by atoms with Crippen molar-refractivity contribution in [3.05, 3.63) is 58.4 Å². The van der Waals surface area contributed by atoms with Gasteiger partial charge in [0.1, 0.15) is 5.69 Å². The molecule has 7 heteroatoms. The standard InChI is InChI=1S/C14H13N5O2/c1-19-7-10(12-11(8-19)14(21)18-17-12)13(20)16-6-9-3-2-4-15-5-9/h2-5,7-8H,6H2,1H3,(H,16,20)(H,18,21). The van der Waals surface area contributed by atoms with E-state index >= 15 is 0 Å². The van der Waals surface area contributed by atoms with E-state index in [-0.39, 0.29) is 11.5 Å². The molecule has 0 unspecified atom stereocenters. The Morgan fingerprint density at radius 2 is 2.29 bits per heavy atom. The largest absolute Gasteiger partial charge is 0.356 e. The number of nitrogens with one attached hydrogen (secondary N) is 2. The molecule has 106 valence electrons. The zero-order chi connectivity index (χ0) is 14.8. The van der Waals surface area contributed by atoms with Crippen LogP contribution in [0.25, 0.3) is 11.3 Å². The van der Waals surface area contributed by atoms with E-state index in [1.807, 2.05) is 6.07 Å². The van der Waals surface area contributed by atoms with Crippen LogP contribution in [-0.2, 0) is 13.6 Å². The zero-order valence-electron chi connectivity index (χ0n) is 11.3. The number of carbonyl (C=O) groups is 1. The number of aromatic amines is 1. The number of hydrogen-bond donors (Lipinski definition) is 2. The lowest BCUT2D eigenvalue weighted by molar-refractivity contribution is 0.0950. The summed E-state index contributed by atoms with van der Waals surface area (Å²) in [5.41, 5.74) is 1.72. The van der Waals surface area contributed by atoms with E-state index in [9.17, 15) is 9.59 Å².